The lowest BCUT2D eigenvalue weighted by molar-refractivity contribution is 0.145. The first-order valence-corrected chi connectivity index (χ1v) is 3.98. The van der Waals surface area contributed by atoms with E-state index in [4.69, 9.17) is 16.7 Å². The first-order valence-electron chi connectivity index (χ1n) is 2.72. The molecule has 0 spiro atoms. The van der Waals surface area contributed by atoms with Crippen molar-refractivity contribution < 1.29 is 9.50 Å². The Labute approximate surface area is 67.1 Å². The van der Waals surface area contributed by atoms with E-state index >= 15 is 0 Å². The number of aliphatic hydroxyl groups is 1. The number of hydrogen-bond acceptors (Lipinski definition) is 2. The fourth-order valence-corrected chi connectivity index (χ4v) is 1.76. The SMILES string of the molecule is OC(CF)c1sccc1Cl. The van der Waals surface area contributed by atoms with Gasteiger partial charge in [-0.25, -0.2) is 4.39 Å². The number of rotatable bonds is 2. The van der Waals surface area contributed by atoms with Crippen LogP contribution in [0.1, 0.15) is 11.0 Å². The summed E-state index contributed by atoms with van der Waals surface area (Å²) in [6.07, 6.45) is -1.05. The van der Waals surface area contributed by atoms with Crippen LogP contribution in [-0.2, 0) is 0 Å². The summed E-state index contributed by atoms with van der Waals surface area (Å²) in [6.45, 7) is -0.778. The Morgan fingerprint density at radius 2 is 2.50 bits per heavy atom. The Kier molecular flexibility index (Phi) is 2.65. The quantitative estimate of drug-likeness (QED) is 0.741. The van der Waals surface area contributed by atoms with Crippen LogP contribution in [0.25, 0.3) is 0 Å². The van der Waals surface area contributed by atoms with Crippen molar-refractivity contribution in [3.63, 3.8) is 0 Å². The van der Waals surface area contributed by atoms with Crippen LogP contribution in [-0.4, -0.2) is 11.8 Å². The highest BCUT2D eigenvalue weighted by Gasteiger charge is 2.11. The van der Waals surface area contributed by atoms with Gasteiger partial charge in [0, 0.05) is 0 Å². The second-order valence-electron chi connectivity index (χ2n) is 1.80. The summed E-state index contributed by atoms with van der Waals surface area (Å²) in [4.78, 5) is 0.504. The summed E-state index contributed by atoms with van der Waals surface area (Å²) in [6, 6.07) is 1.64. The largest absolute Gasteiger partial charge is 0.385 e. The molecule has 4 heteroatoms. The standard InChI is InChI=1S/C6H6ClFOS/c7-4-1-2-10-6(4)5(9)3-8/h1-2,5,9H,3H2. The number of aliphatic hydroxyl groups excluding tert-OH is 1. The Balaban J connectivity index is 2.82. The van der Waals surface area contributed by atoms with Crippen LogP contribution in [0.5, 0.6) is 0 Å². The molecule has 1 unspecified atom stereocenters. The molecule has 1 aromatic heterocycles. The minimum Gasteiger partial charge on any atom is -0.385 e. The molecule has 0 aliphatic heterocycles. The molecule has 1 N–H and O–H groups in total. The maximum absolute atomic E-state index is 11.8. The van der Waals surface area contributed by atoms with E-state index in [1.165, 1.54) is 11.3 Å². The zero-order chi connectivity index (χ0) is 7.56. The maximum Gasteiger partial charge on any atom is 0.120 e. The minimum atomic E-state index is -1.05. The molecule has 0 aliphatic rings. The van der Waals surface area contributed by atoms with E-state index in [2.05, 4.69) is 0 Å². The van der Waals surface area contributed by atoms with Crippen LogP contribution in [0.3, 0.4) is 0 Å². The molecule has 0 saturated heterocycles. The van der Waals surface area contributed by atoms with Gasteiger partial charge in [0.15, 0.2) is 0 Å². The highest BCUT2D eigenvalue weighted by molar-refractivity contribution is 7.10. The molecule has 56 valence electrons. The van der Waals surface area contributed by atoms with E-state index in [0.717, 1.165) is 0 Å². The van der Waals surface area contributed by atoms with Crippen molar-refractivity contribution in [2.75, 3.05) is 6.67 Å². The molecule has 0 aliphatic carbocycles. The molecule has 1 aromatic rings. The average Bonchev–Trinajstić information content (AvgIpc) is 2.34. The highest BCUT2D eigenvalue weighted by Crippen LogP contribution is 2.28. The second-order valence-corrected chi connectivity index (χ2v) is 3.16. The molecule has 0 fully saturated rings. The first kappa shape index (κ1) is 7.98. The number of hydrogen-bond donors (Lipinski definition) is 1. The third-order valence-corrected chi connectivity index (χ3v) is 2.55. The normalized spacial score (nSPS) is 13.5. The van der Waals surface area contributed by atoms with Crippen molar-refractivity contribution in [2.45, 2.75) is 6.10 Å². The van der Waals surface area contributed by atoms with E-state index < -0.39 is 12.8 Å². The molecule has 0 saturated carbocycles. The van der Waals surface area contributed by atoms with Crippen LogP contribution in [0.2, 0.25) is 5.02 Å². The van der Waals surface area contributed by atoms with Crippen molar-refractivity contribution in [1.82, 2.24) is 0 Å². The summed E-state index contributed by atoms with van der Waals surface area (Å²) in [5, 5.41) is 11.1. The van der Waals surface area contributed by atoms with Gasteiger partial charge in [-0.3, -0.25) is 0 Å². The fourth-order valence-electron chi connectivity index (χ4n) is 0.613. The van der Waals surface area contributed by atoms with Gasteiger partial charge in [0.25, 0.3) is 0 Å². The Morgan fingerprint density at radius 1 is 1.80 bits per heavy atom. The molecule has 1 rings (SSSR count). The second kappa shape index (κ2) is 3.32. The van der Waals surface area contributed by atoms with Gasteiger partial charge in [0.2, 0.25) is 0 Å². The Bertz CT molecular complexity index is 213. The molecule has 10 heavy (non-hydrogen) atoms. The monoisotopic (exact) mass is 180 g/mol. The van der Waals surface area contributed by atoms with Gasteiger partial charge in [0.1, 0.15) is 12.8 Å². The van der Waals surface area contributed by atoms with Crippen LogP contribution in [0.4, 0.5) is 4.39 Å². The summed E-state index contributed by atoms with van der Waals surface area (Å²) in [5.74, 6) is 0. The van der Waals surface area contributed by atoms with Gasteiger partial charge in [-0.2, -0.15) is 0 Å². The molecular weight excluding hydrogens is 175 g/mol. The summed E-state index contributed by atoms with van der Waals surface area (Å²) in [5.41, 5.74) is 0. The van der Waals surface area contributed by atoms with E-state index in [9.17, 15) is 4.39 Å². The van der Waals surface area contributed by atoms with Crippen molar-refractivity contribution in [3.05, 3.63) is 21.3 Å². The van der Waals surface area contributed by atoms with Gasteiger partial charge in [-0.05, 0) is 11.4 Å². The van der Waals surface area contributed by atoms with E-state index in [1.54, 1.807) is 11.4 Å². The fraction of sp³-hybridized carbons (Fsp3) is 0.333. The van der Waals surface area contributed by atoms with E-state index in [-0.39, 0.29) is 0 Å². The van der Waals surface area contributed by atoms with Gasteiger partial charge in [0.05, 0.1) is 9.90 Å². The van der Waals surface area contributed by atoms with Crippen molar-refractivity contribution in [1.29, 1.82) is 0 Å². The van der Waals surface area contributed by atoms with Gasteiger partial charge in [-0.15, -0.1) is 11.3 Å². The summed E-state index contributed by atoms with van der Waals surface area (Å²) in [7, 11) is 0. The highest BCUT2D eigenvalue weighted by atomic mass is 35.5. The zero-order valence-corrected chi connectivity index (χ0v) is 6.62. The number of thiophene rings is 1. The molecular formula is C6H6ClFOS. The van der Waals surface area contributed by atoms with E-state index in [1.807, 2.05) is 0 Å². The Hall–Kier alpha value is -0.120. The van der Waals surface area contributed by atoms with E-state index in [0.29, 0.717) is 9.90 Å². The molecule has 0 radical (unpaired) electrons. The smallest absolute Gasteiger partial charge is 0.120 e. The molecule has 0 aromatic carbocycles. The lowest BCUT2D eigenvalue weighted by Crippen LogP contribution is -1.95. The molecule has 1 nitrogen and oxygen atoms in total. The predicted molar refractivity (Wildman–Crippen MR) is 40.3 cm³/mol. The maximum atomic E-state index is 11.8. The van der Waals surface area contributed by atoms with Gasteiger partial charge in [-0.1, -0.05) is 11.6 Å². The molecule has 0 amide bonds. The van der Waals surface area contributed by atoms with Crippen molar-refractivity contribution in [2.24, 2.45) is 0 Å². The topological polar surface area (TPSA) is 20.2 Å². The number of halogens is 2. The van der Waals surface area contributed by atoms with Crippen LogP contribution in [0.15, 0.2) is 11.4 Å². The van der Waals surface area contributed by atoms with Gasteiger partial charge >= 0.3 is 0 Å². The minimum absolute atomic E-state index is 0.440. The first-order chi connectivity index (χ1) is 4.75. The van der Waals surface area contributed by atoms with Crippen molar-refractivity contribution >= 4 is 22.9 Å². The third-order valence-electron chi connectivity index (χ3n) is 1.09. The predicted octanol–water partition coefficient (Wildman–Crippen LogP) is 2.40. The zero-order valence-electron chi connectivity index (χ0n) is 5.05. The van der Waals surface area contributed by atoms with Crippen LogP contribution in [0, 0.1) is 0 Å². The molecule has 1 heterocycles. The van der Waals surface area contributed by atoms with Gasteiger partial charge < -0.3 is 5.11 Å². The summed E-state index contributed by atoms with van der Waals surface area (Å²) >= 11 is 6.86. The van der Waals surface area contributed by atoms with Crippen LogP contribution < -0.4 is 0 Å². The lowest BCUT2D eigenvalue weighted by atomic mass is 10.3. The average molecular weight is 181 g/mol. The third kappa shape index (κ3) is 1.48. The summed E-state index contributed by atoms with van der Waals surface area (Å²) < 4.78 is 11.8. The molecule has 0 bridgehead atoms. The number of alkyl halides is 1. The molecule has 1 atom stereocenters. The lowest BCUT2D eigenvalue weighted by Gasteiger charge is -2.01. The Morgan fingerprint density at radius 3 is 2.90 bits per heavy atom. The van der Waals surface area contributed by atoms with Crippen LogP contribution >= 0.6 is 22.9 Å². The van der Waals surface area contributed by atoms with Crippen molar-refractivity contribution in [3.8, 4) is 0 Å².